The number of hydrogen-bond acceptors (Lipinski definition) is 5. The van der Waals surface area contributed by atoms with Crippen LogP contribution < -0.4 is 15.5 Å². The SMILES string of the molecule is c1cc2cc(Nc3nc(-c4ccc(N5CCNCC5)cc4)cs3)ccc2[nH]1. The van der Waals surface area contributed by atoms with Gasteiger partial charge < -0.3 is 20.5 Å². The Bertz CT molecular complexity index is 1040. The van der Waals surface area contributed by atoms with Gasteiger partial charge in [0, 0.05) is 65.6 Å². The number of aromatic nitrogens is 2. The van der Waals surface area contributed by atoms with Crippen LogP contribution in [-0.2, 0) is 0 Å². The van der Waals surface area contributed by atoms with Crippen molar-refractivity contribution < 1.29 is 0 Å². The quantitative estimate of drug-likeness (QED) is 0.493. The van der Waals surface area contributed by atoms with Gasteiger partial charge in [-0.2, -0.15) is 0 Å². The van der Waals surface area contributed by atoms with Crippen molar-refractivity contribution in [2.24, 2.45) is 0 Å². The average Bonchev–Trinajstić information content (AvgIpc) is 3.38. The fourth-order valence-electron chi connectivity index (χ4n) is 3.48. The van der Waals surface area contributed by atoms with Gasteiger partial charge in [-0.3, -0.25) is 0 Å². The van der Waals surface area contributed by atoms with Gasteiger partial charge in [-0.25, -0.2) is 4.98 Å². The summed E-state index contributed by atoms with van der Waals surface area (Å²) in [4.78, 5) is 10.4. The minimum Gasteiger partial charge on any atom is -0.369 e. The Balaban J connectivity index is 1.32. The Morgan fingerprint density at radius 1 is 1.00 bits per heavy atom. The van der Waals surface area contributed by atoms with E-state index in [1.165, 1.54) is 11.1 Å². The van der Waals surface area contributed by atoms with Crippen LogP contribution in [0.25, 0.3) is 22.2 Å². The number of rotatable bonds is 4. The van der Waals surface area contributed by atoms with Crippen LogP contribution in [0.2, 0.25) is 0 Å². The van der Waals surface area contributed by atoms with E-state index in [1.54, 1.807) is 11.3 Å². The second kappa shape index (κ2) is 7.06. The molecule has 0 radical (unpaired) electrons. The molecular formula is C21H21N5S. The highest BCUT2D eigenvalue weighted by Crippen LogP contribution is 2.29. The third-order valence-electron chi connectivity index (χ3n) is 4.95. The third kappa shape index (κ3) is 3.41. The van der Waals surface area contributed by atoms with Crippen molar-refractivity contribution in [1.82, 2.24) is 15.3 Å². The standard InChI is InChI=1S/C21H21N5S/c1-4-18(26-11-9-22-10-12-26)5-2-15(1)20-14-27-21(25-20)24-17-3-6-19-16(13-17)7-8-23-19/h1-8,13-14,22-23H,9-12H2,(H,24,25). The maximum Gasteiger partial charge on any atom is 0.187 e. The molecule has 1 saturated heterocycles. The zero-order valence-electron chi connectivity index (χ0n) is 14.9. The van der Waals surface area contributed by atoms with Crippen LogP contribution in [0.3, 0.4) is 0 Å². The smallest absolute Gasteiger partial charge is 0.187 e. The summed E-state index contributed by atoms with van der Waals surface area (Å²) in [7, 11) is 0. The van der Waals surface area contributed by atoms with Crippen molar-refractivity contribution in [3.05, 3.63) is 60.1 Å². The number of fused-ring (bicyclic) bond motifs is 1. The van der Waals surface area contributed by atoms with Crippen molar-refractivity contribution in [1.29, 1.82) is 0 Å². The van der Waals surface area contributed by atoms with Gasteiger partial charge in [-0.05, 0) is 36.4 Å². The van der Waals surface area contributed by atoms with Crippen LogP contribution in [0.4, 0.5) is 16.5 Å². The molecule has 0 saturated carbocycles. The largest absolute Gasteiger partial charge is 0.369 e. The number of anilines is 3. The van der Waals surface area contributed by atoms with E-state index in [4.69, 9.17) is 4.98 Å². The van der Waals surface area contributed by atoms with E-state index in [9.17, 15) is 0 Å². The Labute approximate surface area is 162 Å². The second-order valence-corrected chi connectivity index (χ2v) is 7.58. The molecule has 0 unspecified atom stereocenters. The van der Waals surface area contributed by atoms with Crippen LogP contribution in [0, 0.1) is 0 Å². The molecule has 0 spiro atoms. The van der Waals surface area contributed by atoms with Gasteiger partial charge >= 0.3 is 0 Å². The first-order chi connectivity index (χ1) is 13.3. The molecule has 6 heteroatoms. The highest BCUT2D eigenvalue weighted by Gasteiger charge is 2.11. The monoisotopic (exact) mass is 375 g/mol. The summed E-state index contributed by atoms with van der Waals surface area (Å²) >= 11 is 1.63. The molecule has 5 nitrogen and oxygen atoms in total. The minimum absolute atomic E-state index is 0.908. The first-order valence-electron chi connectivity index (χ1n) is 9.21. The van der Waals surface area contributed by atoms with E-state index in [-0.39, 0.29) is 0 Å². The molecular weight excluding hydrogens is 354 g/mol. The third-order valence-corrected chi connectivity index (χ3v) is 5.71. The van der Waals surface area contributed by atoms with Gasteiger partial charge in [-0.15, -0.1) is 11.3 Å². The molecule has 1 aliphatic heterocycles. The maximum absolute atomic E-state index is 4.76. The summed E-state index contributed by atoms with van der Waals surface area (Å²) in [5.74, 6) is 0. The molecule has 2 aromatic carbocycles. The molecule has 4 aromatic rings. The van der Waals surface area contributed by atoms with Crippen LogP contribution in [0.15, 0.2) is 60.1 Å². The molecule has 0 aliphatic carbocycles. The zero-order chi connectivity index (χ0) is 18.1. The summed E-state index contributed by atoms with van der Waals surface area (Å²) in [6.45, 7) is 4.24. The van der Waals surface area contributed by atoms with Crippen LogP contribution in [-0.4, -0.2) is 36.1 Å². The predicted molar refractivity (Wildman–Crippen MR) is 114 cm³/mol. The number of nitrogens with one attached hydrogen (secondary N) is 3. The molecule has 136 valence electrons. The summed E-state index contributed by atoms with van der Waals surface area (Å²) < 4.78 is 0. The first kappa shape index (κ1) is 16.4. The van der Waals surface area contributed by atoms with Crippen molar-refractivity contribution in [3.63, 3.8) is 0 Å². The van der Waals surface area contributed by atoms with Crippen LogP contribution >= 0.6 is 11.3 Å². The number of aromatic amines is 1. The molecule has 2 aromatic heterocycles. The lowest BCUT2D eigenvalue weighted by atomic mass is 10.1. The molecule has 1 aliphatic rings. The molecule has 3 N–H and O–H groups in total. The zero-order valence-corrected chi connectivity index (χ0v) is 15.7. The molecule has 5 rings (SSSR count). The van der Waals surface area contributed by atoms with Gasteiger partial charge in [0.05, 0.1) is 5.69 Å². The topological polar surface area (TPSA) is 56.0 Å². The lowest BCUT2D eigenvalue weighted by molar-refractivity contribution is 0.589. The number of thiazole rings is 1. The van der Waals surface area contributed by atoms with Gasteiger partial charge in [0.15, 0.2) is 5.13 Å². The Kier molecular flexibility index (Phi) is 4.27. The van der Waals surface area contributed by atoms with Crippen molar-refractivity contribution in [3.8, 4) is 11.3 Å². The Morgan fingerprint density at radius 2 is 1.85 bits per heavy atom. The van der Waals surface area contributed by atoms with Crippen molar-refractivity contribution >= 4 is 38.7 Å². The minimum atomic E-state index is 0.908. The van der Waals surface area contributed by atoms with Gasteiger partial charge in [0.25, 0.3) is 0 Å². The molecule has 27 heavy (non-hydrogen) atoms. The molecule has 0 amide bonds. The van der Waals surface area contributed by atoms with E-state index < -0.39 is 0 Å². The molecule has 1 fully saturated rings. The van der Waals surface area contributed by atoms with E-state index in [0.29, 0.717) is 0 Å². The first-order valence-corrected chi connectivity index (χ1v) is 10.1. The number of hydrogen-bond donors (Lipinski definition) is 3. The highest BCUT2D eigenvalue weighted by atomic mass is 32.1. The van der Waals surface area contributed by atoms with Gasteiger partial charge in [0.2, 0.25) is 0 Å². The van der Waals surface area contributed by atoms with E-state index in [1.807, 2.05) is 6.20 Å². The van der Waals surface area contributed by atoms with E-state index in [0.717, 1.165) is 53.8 Å². The number of H-pyrrole nitrogens is 1. The Morgan fingerprint density at radius 3 is 2.70 bits per heavy atom. The summed E-state index contributed by atoms with van der Waals surface area (Å²) in [5.41, 5.74) is 5.65. The van der Waals surface area contributed by atoms with Gasteiger partial charge in [-0.1, -0.05) is 12.1 Å². The van der Waals surface area contributed by atoms with Crippen LogP contribution in [0.1, 0.15) is 0 Å². The van der Waals surface area contributed by atoms with Gasteiger partial charge in [0.1, 0.15) is 0 Å². The second-order valence-electron chi connectivity index (χ2n) is 6.73. The molecule has 3 heterocycles. The molecule has 0 atom stereocenters. The fraction of sp³-hybridized carbons (Fsp3) is 0.190. The average molecular weight is 376 g/mol. The molecule has 0 bridgehead atoms. The van der Waals surface area contributed by atoms with Crippen molar-refractivity contribution in [2.45, 2.75) is 0 Å². The summed E-state index contributed by atoms with van der Waals surface area (Å²) in [6, 6.07) is 17.1. The number of nitrogens with zero attached hydrogens (tertiary/aromatic N) is 2. The van der Waals surface area contributed by atoms with E-state index in [2.05, 4.69) is 74.4 Å². The lowest BCUT2D eigenvalue weighted by Gasteiger charge is -2.29. The normalized spacial score (nSPS) is 14.6. The highest BCUT2D eigenvalue weighted by molar-refractivity contribution is 7.14. The maximum atomic E-state index is 4.76. The summed E-state index contributed by atoms with van der Waals surface area (Å²) in [6.07, 6.45) is 1.96. The predicted octanol–water partition coefficient (Wildman–Crippen LogP) is 4.44. The van der Waals surface area contributed by atoms with Crippen molar-refractivity contribution in [2.75, 3.05) is 36.4 Å². The number of piperazine rings is 1. The van der Waals surface area contributed by atoms with Crippen LogP contribution in [0.5, 0.6) is 0 Å². The number of benzene rings is 2. The lowest BCUT2D eigenvalue weighted by Crippen LogP contribution is -2.43. The Hall–Kier alpha value is -2.83. The summed E-state index contributed by atoms with van der Waals surface area (Å²) in [5, 5.41) is 11.0. The van der Waals surface area contributed by atoms with E-state index >= 15 is 0 Å². The fourth-order valence-corrected chi connectivity index (χ4v) is 4.22.